The van der Waals surface area contributed by atoms with E-state index >= 15 is 0 Å². The van der Waals surface area contributed by atoms with Crippen LogP contribution in [0.5, 0.6) is 0 Å². The maximum Gasteiger partial charge on any atom is -0.0307 e. The van der Waals surface area contributed by atoms with Gasteiger partial charge in [-0.1, -0.05) is 46.4 Å². The zero-order valence-corrected chi connectivity index (χ0v) is 8.94. The van der Waals surface area contributed by atoms with Crippen LogP contribution >= 0.6 is 0 Å². The van der Waals surface area contributed by atoms with Crippen molar-refractivity contribution < 1.29 is 0 Å². The molecule has 1 aromatic carbocycles. The fourth-order valence-electron chi connectivity index (χ4n) is 1.02. The van der Waals surface area contributed by atoms with Crippen molar-refractivity contribution in [2.45, 2.75) is 48.5 Å². The SMILES string of the molecule is C.CC.CCc1ccc(C)c(C)c1. The summed E-state index contributed by atoms with van der Waals surface area (Å²) in [4.78, 5) is 0. The van der Waals surface area contributed by atoms with Gasteiger partial charge in [-0.05, 0) is 37.0 Å². The second kappa shape index (κ2) is 7.85. The predicted octanol–water partition coefficient (Wildman–Crippen LogP) is 4.53. The van der Waals surface area contributed by atoms with Crippen LogP contribution in [-0.4, -0.2) is 0 Å². The lowest BCUT2D eigenvalue weighted by Crippen LogP contribution is -1.84. The summed E-state index contributed by atoms with van der Waals surface area (Å²) >= 11 is 0. The van der Waals surface area contributed by atoms with Crippen LogP contribution in [0.4, 0.5) is 0 Å². The summed E-state index contributed by atoms with van der Waals surface area (Å²) < 4.78 is 0. The van der Waals surface area contributed by atoms with Crippen LogP contribution in [0.15, 0.2) is 18.2 Å². The first kappa shape index (κ1) is 14.7. The molecule has 0 bridgehead atoms. The second-order valence-corrected chi connectivity index (χ2v) is 2.77. The molecule has 0 unspecified atom stereocenters. The van der Waals surface area contributed by atoms with Gasteiger partial charge in [-0.25, -0.2) is 0 Å². The van der Waals surface area contributed by atoms with Crippen molar-refractivity contribution in [1.29, 1.82) is 0 Å². The average Bonchev–Trinajstić information content (AvgIpc) is 2.13. The lowest BCUT2D eigenvalue weighted by Gasteiger charge is -2.01. The highest BCUT2D eigenvalue weighted by Crippen LogP contribution is 2.09. The highest BCUT2D eigenvalue weighted by Gasteiger charge is 1.92. The van der Waals surface area contributed by atoms with Crippen LogP contribution in [0, 0.1) is 13.8 Å². The van der Waals surface area contributed by atoms with E-state index in [0.29, 0.717) is 0 Å². The Morgan fingerprint density at radius 3 is 1.92 bits per heavy atom. The molecular weight excluding hydrogens is 156 g/mol. The van der Waals surface area contributed by atoms with E-state index in [1.807, 2.05) is 13.8 Å². The third-order valence-corrected chi connectivity index (χ3v) is 1.98. The van der Waals surface area contributed by atoms with Crippen LogP contribution in [0.1, 0.15) is 44.9 Å². The van der Waals surface area contributed by atoms with E-state index in [1.165, 1.54) is 16.7 Å². The zero-order chi connectivity index (χ0) is 9.56. The Bertz CT molecular complexity index is 223. The molecule has 13 heavy (non-hydrogen) atoms. The molecule has 0 fully saturated rings. The van der Waals surface area contributed by atoms with Gasteiger partial charge in [-0.15, -0.1) is 0 Å². The molecule has 0 atom stereocenters. The van der Waals surface area contributed by atoms with E-state index in [9.17, 15) is 0 Å². The topological polar surface area (TPSA) is 0 Å². The van der Waals surface area contributed by atoms with Crippen LogP contribution in [-0.2, 0) is 6.42 Å². The van der Waals surface area contributed by atoms with Crippen molar-refractivity contribution in [2.75, 3.05) is 0 Å². The summed E-state index contributed by atoms with van der Waals surface area (Å²) in [6.45, 7) is 10.5. The van der Waals surface area contributed by atoms with E-state index in [2.05, 4.69) is 39.0 Å². The van der Waals surface area contributed by atoms with Gasteiger partial charge >= 0.3 is 0 Å². The summed E-state index contributed by atoms with van der Waals surface area (Å²) in [5.74, 6) is 0. The Labute approximate surface area is 84.0 Å². The van der Waals surface area contributed by atoms with Crippen molar-refractivity contribution in [3.63, 3.8) is 0 Å². The van der Waals surface area contributed by atoms with Crippen molar-refractivity contribution in [2.24, 2.45) is 0 Å². The molecule has 0 aliphatic rings. The van der Waals surface area contributed by atoms with Gasteiger partial charge in [0, 0.05) is 0 Å². The molecule has 0 heterocycles. The van der Waals surface area contributed by atoms with Crippen LogP contribution in [0.3, 0.4) is 0 Å². The summed E-state index contributed by atoms with van der Waals surface area (Å²) in [5.41, 5.74) is 4.22. The first-order chi connectivity index (χ1) is 5.74. The normalized spacial score (nSPS) is 8.08. The monoisotopic (exact) mass is 180 g/mol. The highest BCUT2D eigenvalue weighted by atomic mass is 14.0. The molecule has 1 aromatic rings. The minimum Gasteiger partial charge on any atom is -0.0776 e. The first-order valence-electron chi connectivity index (χ1n) is 4.80. The Kier molecular flexibility index (Phi) is 8.89. The van der Waals surface area contributed by atoms with Crippen molar-refractivity contribution >= 4 is 0 Å². The second-order valence-electron chi connectivity index (χ2n) is 2.77. The predicted molar refractivity (Wildman–Crippen MR) is 63.4 cm³/mol. The maximum absolute atomic E-state index is 2.26. The molecule has 0 nitrogen and oxygen atoms in total. The lowest BCUT2D eigenvalue weighted by atomic mass is 10.1. The number of aryl methyl sites for hydroxylation is 3. The molecular formula is C13H24. The average molecular weight is 180 g/mol. The Balaban J connectivity index is 0. The van der Waals surface area contributed by atoms with Crippen molar-refractivity contribution in [3.05, 3.63) is 34.9 Å². The third-order valence-electron chi connectivity index (χ3n) is 1.98. The number of rotatable bonds is 1. The highest BCUT2D eigenvalue weighted by molar-refractivity contribution is 5.29. The Morgan fingerprint density at radius 1 is 1.00 bits per heavy atom. The minimum atomic E-state index is 0. The van der Waals surface area contributed by atoms with Gasteiger partial charge < -0.3 is 0 Å². The molecule has 0 saturated heterocycles. The lowest BCUT2D eigenvalue weighted by molar-refractivity contribution is 1.12. The fraction of sp³-hybridized carbons (Fsp3) is 0.538. The van der Waals surface area contributed by atoms with Crippen molar-refractivity contribution in [1.82, 2.24) is 0 Å². The molecule has 1 rings (SSSR count). The summed E-state index contributed by atoms with van der Waals surface area (Å²) in [5, 5.41) is 0. The number of hydrogen-bond acceptors (Lipinski definition) is 0. The quantitative estimate of drug-likeness (QED) is 0.595. The molecule has 0 amide bonds. The van der Waals surface area contributed by atoms with E-state index in [1.54, 1.807) is 0 Å². The van der Waals surface area contributed by atoms with Crippen LogP contribution in [0.25, 0.3) is 0 Å². The van der Waals surface area contributed by atoms with E-state index in [0.717, 1.165) is 6.42 Å². The molecule has 0 radical (unpaired) electrons. The molecule has 0 aliphatic carbocycles. The summed E-state index contributed by atoms with van der Waals surface area (Å²) in [7, 11) is 0. The van der Waals surface area contributed by atoms with Gasteiger partial charge in [0.15, 0.2) is 0 Å². The van der Waals surface area contributed by atoms with E-state index < -0.39 is 0 Å². The fourth-order valence-corrected chi connectivity index (χ4v) is 1.02. The molecule has 0 aliphatic heterocycles. The van der Waals surface area contributed by atoms with Gasteiger partial charge in [0.25, 0.3) is 0 Å². The van der Waals surface area contributed by atoms with Crippen LogP contribution < -0.4 is 0 Å². The molecule has 0 saturated carbocycles. The van der Waals surface area contributed by atoms with E-state index in [-0.39, 0.29) is 7.43 Å². The Morgan fingerprint density at radius 2 is 1.54 bits per heavy atom. The van der Waals surface area contributed by atoms with Gasteiger partial charge in [0.1, 0.15) is 0 Å². The molecule has 76 valence electrons. The van der Waals surface area contributed by atoms with Gasteiger partial charge in [-0.3, -0.25) is 0 Å². The number of hydrogen-bond donors (Lipinski definition) is 0. The number of benzene rings is 1. The molecule has 0 aromatic heterocycles. The van der Waals surface area contributed by atoms with Gasteiger partial charge in [0.05, 0.1) is 0 Å². The van der Waals surface area contributed by atoms with Crippen LogP contribution in [0.2, 0.25) is 0 Å². The minimum absolute atomic E-state index is 0. The largest absolute Gasteiger partial charge is 0.0776 e. The summed E-state index contributed by atoms with van der Waals surface area (Å²) in [6, 6.07) is 6.64. The molecule has 0 N–H and O–H groups in total. The summed E-state index contributed by atoms with van der Waals surface area (Å²) in [6.07, 6.45) is 1.14. The molecule has 0 spiro atoms. The smallest absolute Gasteiger partial charge is 0.0307 e. The van der Waals surface area contributed by atoms with Gasteiger partial charge in [0.2, 0.25) is 0 Å². The maximum atomic E-state index is 2.26. The third kappa shape index (κ3) is 4.72. The van der Waals surface area contributed by atoms with Gasteiger partial charge in [-0.2, -0.15) is 0 Å². The first-order valence-corrected chi connectivity index (χ1v) is 4.80. The van der Waals surface area contributed by atoms with E-state index in [4.69, 9.17) is 0 Å². The Hall–Kier alpha value is -0.780. The zero-order valence-electron chi connectivity index (χ0n) is 8.94. The molecule has 0 heteroatoms. The standard InChI is InChI=1S/C10H14.C2H6.CH4/c1-4-10-6-5-8(2)9(3)7-10;1-2;/h5-7H,4H2,1-3H3;1-2H3;1H4. The van der Waals surface area contributed by atoms with Crippen molar-refractivity contribution in [3.8, 4) is 0 Å².